The minimum absolute atomic E-state index is 0.391. The summed E-state index contributed by atoms with van der Waals surface area (Å²) in [5.41, 5.74) is 2.58. The van der Waals surface area contributed by atoms with Crippen molar-refractivity contribution in [3.8, 4) is 11.5 Å². The highest BCUT2D eigenvalue weighted by molar-refractivity contribution is 9.09. The molecule has 35 heavy (non-hydrogen) atoms. The van der Waals surface area contributed by atoms with E-state index in [0.29, 0.717) is 42.3 Å². The molecule has 6 nitrogen and oxygen atoms in total. The Morgan fingerprint density at radius 2 is 1.09 bits per heavy atom. The Morgan fingerprint density at radius 1 is 0.657 bits per heavy atom. The van der Waals surface area contributed by atoms with Crippen LogP contribution in [0.2, 0.25) is 0 Å². The Morgan fingerprint density at radius 3 is 1.46 bits per heavy atom. The normalized spacial score (nSPS) is 10.6. The second kappa shape index (κ2) is 16.6. The molecule has 0 aliphatic carbocycles. The first-order valence-electron chi connectivity index (χ1n) is 11.8. The number of carbonyl (C=O) groups excluding carboxylic acids is 2. The molecule has 0 N–H and O–H groups in total. The van der Waals surface area contributed by atoms with Gasteiger partial charge in [-0.2, -0.15) is 0 Å². The number of benzene rings is 2. The van der Waals surface area contributed by atoms with Crippen molar-refractivity contribution in [2.45, 2.75) is 44.9 Å². The van der Waals surface area contributed by atoms with E-state index in [1.54, 1.807) is 24.3 Å². The maximum absolute atomic E-state index is 12.4. The molecule has 8 heteroatoms. The summed E-state index contributed by atoms with van der Waals surface area (Å²) in [4.78, 5) is 24.8. The summed E-state index contributed by atoms with van der Waals surface area (Å²) in [5.74, 6) is 0.138. The average molecular weight is 614 g/mol. The van der Waals surface area contributed by atoms with E-state index in [2.05, 4.69) is 31.9 Å². The van der Waals surface area contributed by atoms with Crippen LogP contribution in [0, 0.1) is 0 Å². The zero-order chi connectivity index (χ0) is 25.5. The molecule has 0 spiro atoms. The van der Waals surface area contributed by atoms with E-state index in [1.165, 1.54) is 14.2 Å². The van der Waals surface area contributed by atoms with Gasteiger partial charge in [0, 0.05) is 10.7 Å². The topological polar surface area (TPSA) is 71.1 Å². The van der Waals surface area contributed by atoms with Crippen LogP contribution in [0.25, 0.3) is 0 Å². The molecule has 2 aromatic carbocycles. The second-order valence-corrected chi connectivity index (χ2v) is 9.60. The van der Waals surface area contributed by atoms with Crippen molar-refractivity contribution in [1.29, 1.82) is 0 Å². The average Bonchev–Trinajstić information content (AvgIpc) is 2.88. The number of methoxy groups -OCH3 is 2. The summed E-state index contributed by atoms with van der Waals surface area (Å²) in [6, 6.07) is 11.0. The Bertz CT molecular complexity index is 872. The molecule has 2 aromatic rings. The van der Waals surface area contributed by atoms with Gasteiger partial charge >= 0.3 is 11.9 Å². The van der Waals surface area contributed by atoms with E-state index < -0.39 is 11.9 Å². The van der Waals surface area contributed by atoms with Crippen LogP contribution in [0.4, 0.5) is 0 Å². The van der Waals surface area contributed by atoms with Gasteiger partial charge in [-0.3, -0.25) is 0 Å². The minimum atomic E-state index is -0.443. The summed E-state index contributed by atoms with van der Waals surface area (Å²) in [7, 11) is 2.71. The summed E-state index contributed by atoms with van der Waals surface area (Å²) in [5, 5.41) is 1.94. The lowest BCUT2D eigenvalue weighted by Gasteiger charge is -2.14. The monoisotopic (exact) mass is 612 g/mol. The van der Waals surface area contributed by atoms with Gasteiger partial charge in [-0.1, -0.05) is 44.0 Å². The number of halogens is 2. The van der Waals surface area contributed by atoms with Crippen LogP contribution < -0.4 is 9.47 Å². The summed E-state index contributed by atoms with van der Waals surface area (Å²) >= 11 is 6.85. The van der Waals surface area contributed by atoms with Crippen LogP contribution in [0.1, 0.15) is 70.4 Å². The molecule has 0 heterocycles. The van der Waals surface area contributed by atoms with Gasteiger partial charge in [0.05, 0.1) is 27.4 Å². The lowest BCUT2D eigenvalue weighted by molar-refractivity contribution is 0.0586. The predicted octanol–water partition coefficient (Wildman–Crippen LogP) is 6.74. The fraction of sp³-hybridized carbons (Fsp3) is 0.481. The first-order chi connectivity index (χ1) is 17.0. The Hall–Kier alpha value is -2.06. The van der Waals surface area contributed by atoms with Gasteiger partial charge in [0.25, 0.3) is 0 Å². The molecule has 0 saturated carbocycles. The number of alkyl halides is 2. The van der Waals surface area contributed by atoms with Gasteiger partial charge in [-0.15, -0.1) is 0 Å². The van der Waals surface area contributed by atoms with Crippen molar-refractivity contribution in [2.75, 3.05) is 38.1 Å². The van der Waals surface area contributed by atoms with E-state index in [0.717, 1.165) is 60.3 Å². The van der Waals surface area contributed by atoms with Crippen molar-refractivity contribution in [3.05, 3.63) is 58.7 Å². The fourth-order valence-electron chi connectivity index (χ4n) is 3.51. The molecule has 0 saturated heterocycles. The number of hydrogen-bond donors (Lipinski definition) is 0. The molecule has 0 radical (unpaired) electrons. The SMILES string of the molecule is COC(=O)c1cc(Cc2ccc(OCCCCCBr)c(C(=O)OC)c2)ccc1OCCCCCBr. The molecule has 0 aromatic heterocycles. The number of hydrogen-bond acceptors (Lipinski definition) is 6. The molecule has 0 fully saturated rings. The second-order valence-electron chi connectivity index (χ2n) is 8.02. The standard InChI is InChI=1S/C27H34Br2O6/c1-32-26(30)22-18-20(9-11-24(22)34-15-7-3-5-13-28)17-21-10-12-25(23(19-21)27(31)33-2)35-16-8-4-6-14-29/h9-12,18-19H,3-8,13-17H2,1-2H3. The zero-order valence-electron chi connectivity index (χ0n) is 20.4. The number of carbonyl (C=O) groups is 2. The highest BCUT2D eigenvalue weighted by Gasteiger charge is 2.17. The first kappa shape index (κ1) is 29.2. The maximum atomic E-state index is 12.4. The smallest absolute Gasteiger partial charge is 0.341 e. The molecule has 0 aliphatic heterocycles. The Labute approximate surface area is 224 Å². The van der Waals surface area contributed by atoms with E-state index in [1.807, 2.05) is 12.1 Å². The van der Waals surface area contributed by atoms with Crippen molar-refractivity contribution >= 4 is 43.8 Å². The highest BCUT2D eigenvalue weighted by Crippen LogP contribution is 2.26. The zero-order valence-corrected chi connectivity index (χ0v) is 23.6. The Balaban J connectivity index is 2.16. The highest BCUT2D eigenvalue weighted by atomic mass is 79.9. The van der Waals surface area contributed by atoms with E-state index in [9.17, 15) is 9.59 Å². The number of esters is 2. The molecule has 0 unspecified atom stereocenters. The molecule has 192 valence electrons. The van der Waals surface area contributed by atoms with Crippen molar-refractivity contribution in [2.24, 2.45) is 0 Å². The van der Waals surface area contributed by atoms with Crippen LogP contribution in [0.3, 0.4) is 0 Å². The molecule has 0 atom stereocenters. The maximum Gasteiger partial charge on any atom is 0.341 e. The van der Waals surface area contributed by atoms with Gasteiger partial charge in [0.1, 0.15) is 22.6 Å². The quantitative estimate of drug-likeness (QED) is 0.119. The van der Waals surface area contributed by atoms with Gasteiger partial charge in [0.15, 0.2) is 0 Å². The first-order valence-corrected chi connectivity index (χ1v) is 14.1. The number of rotatable bonds is 16. The third-order valence-electron chi connectivity index (χ3n) is 5.38. The van der Waals surface area contributed by atoms with Gasteiger partial charge < -0.3 is 18.9 Å². The van der Waals surface area contributed by atoms with Crippen LogP contribution in [0.15, 0.2) is 36.4 Å². The predicted molar refractivity (Wildman–Crippen MR) is 145 cm³/mol. The van der Waals surface area contributed by atoms with E-state index in [4.69, 9.17) is 18.9 Å². The van der Waals surface area contributed by atoms with Crippen molar-refractivity contribution in [1.82, 2.24) is 0 Å². The molecule has 0 amide bonds. The minimum Gasteiger partial charge on any atom is -0.493 e. The lowest BCUT2D eigenvalue weighted by atomic mass is 10.00. The number of unbranched alkanes of at least 4 members (excludes halogenated alkanes) is 4. The van der Waals surface area contributed by atoms with Gasteiger partial charge in [-0.25, -0.2) is 9.59 Å². The van der Waals surface area contributed by atoms with Gasteiger partial charge in [0.2, 0.25) is 0 Å². The molecule has 0 bridgehead atoms. The summed E-state index contributed by atoms with van der Waals surface area (Å²) in [6.07, 6.45) is 6.61. The van der Waals surface area contributed by atoms with Crippen LogP contribution in [0.5, 0.6) is 11.5 Å². The van der Waals surface area contributed by atoms with E-state index in [-0.39, 0.29) is 0 Å². The summed E-state index contributed by atoms with van der Waals surface area (Å²) < 4.78 is 21.6. The number of ether oxygens (including phenoxy) is 4. The van der Waals surface area contributed by atoms with Crippen LogP contribution in [-0.2, 0) is 15.9 Å². The Kier molecular flexibility index (Phi) is 13.8. The van der Waals surface area contributed by atoms with Crippen molar-refractivity contribution in [3.63, 3.8) is 0 Å². The third-order valence-corrected chi connectivity index (χ3v) is 6.50. The summed E-state index contributed by atoms with van der Waals surface area (Å²) in [6.45, 7) is 1.08. The molecule has 2 rings (SSSR count). The third kappa shape index (κ3) is 9.84. The van der Waals surface area contributed by atoms with Crippen LogP contribution >= 0.6 is 31.9 Å². The molecular formula is C27H34Br2O6. The van der Waals surface area contributed by atoms with E-state index >= 15 is 0 Å². The van der Waals surface area contributed by atoms with Crippen molar-refractivity contribution < 1.29 is 28.5 Å². The van der Waals surface area contributed by atoms with Crippen LogP contribution in [-0.4, -0.2) is 50.0 Å². The molecular weight excluding hydrogens is 580 g/mol. The molecule has 0 aliphatic rings. The lowest BCUT2D eigenvalue weighted by Crippen LogP contribution is -2.09. The van der Waals surface area contributed by atoms with Gasteiger partial charge in [-0.05, 0) is 80.3 Å². The fourth-order valence-corrected chi connectivity index (χ4v) is 4.30. The largest absolute Gasteiger partial charge is 0.493 e.